The second-order valence-corrected chi connectivity index (χ2v) is 7.57. The summed E-state index contributed by atoms with van der Waals surface area (Å²) in [5.41, 5.74) is 0.236. The lowest BCUT2D eigenvalue weighted by Crippen LogP contribution is -2.52. The number of nitrogens with one attached hydrogen (secondary N) is 2. The molecule has 0 bridgehead atoms. The van der Waals surface area contributed by atoms with Crippen LogP contribution in [0.3, 0.4) is 0 Å². The Morgan fingerprint density at radius 2 is 1.91 bits per heavy atom. The smallest absolute Gasteiger partial charge is 0.191 e. The molecule has 0 amide bonds. The molecule has 1 aliphatic heterocycles. The summed E-state index contributed by atoms with van der Waals surface area (Å²) < 4.78 is 11.2. The summed E-state index contributed by atoms with van der Waals surface area (Å²) in [6.07, 6.45) is 4.17. The number of aliphatic imine (C=N–C) groups is 1. The van der Waals surface area contributed by atoms with E-state index >= 15 is 0 Å². The van der Waals surface area contributed by atoms with Gasteiger partial charge in [-0.25, -0.2) is 0 Å². The van der Waals surface area contributed by atoms with Gasteiger partial charge in [-0.3, -0.25) is 4.99 Å². The highest BCUT2D eigenvalue weighted by Crippen LogP contribution is 2.23. The molecule has 1 fully saturated rings. The first-order valence-electron chi connectivity index (χ1n) is 8.40. The molecule has 0 aromatic carbocycles. The van der Waals surface area contributed by atoms with Crippen molar-refractivity contribution in [3.8, 4) is 0 Å². The van der Waals surface area contributed by atoms with Crippen LogP contribution in [-0.4, -0.2) is 51.5 Å². The van der Waals surface area contributed by atoms with Crippen LogP contribution in [0.15, 0.2) is 4.99 Å². The second-order valence-electron chi connectivity index (χ2n) is 7.57. The molecule has 138 valence electrons. The van der Waals surface area contributed by atoms with Gasteiger partial charge in [-0.2, -0.15) is 0 Å². The fourth-order valence-electron chi connectivity index (χ4n) is 2.59. The third-order valence-electron chi connectivity index (χ3n) is 4.35. The summed E-state index contributed by atoms with van der Waals surface area (Å²) in [6, 6.07) is 0.401. The Hall–Kier alpha value is -0.0800. The number of guanidine groups is 1. The van der Waals surface area contributed by atoms with Gasteiger partial charge in [0, 0.05) is 52.8 Å². The number of hydrogen-bond acceptors (Lipinski definition) is 3. The van der Waals surface area contributed by atoms with E-state index in [0.29, 0.717) is 11.5 Å². The van der Waals surface area contributed by atoms with Crippen LogP contribution in [0.5, 0.6) is 0 Å². The van der Waals surface area contributed by atoms with E-state index in [1.807, 2.05) is 7.05 Å². The highest BCUT2D eigenvalue weighted by atomic mass is 127. The molecule has 0 saturated carbocycles. The fraction of sp³-hybridized carbons (Fsp3) is 0.941. The molecule has 2 N–H and O–H groups in total. The Morgan fingerprint density at radius 3 is 2.39 bits per heavy atom. The van der Waals surface area contributed by atoms with E-state index in [1.54, 1.807) is 7.11 Å². The molecule has 6 heteroatoms. The van der Waals surface area contributed by atoms with E-state index in [2.05, 4.69) is 43.3 Å². The number of rotatable bonds is 6. The second kappa shape index (κ2) is 10.7. The zero-order valence-corrected chi connectivity index (χ0v) is 18.0. The maximum Gasteiger partial charge on any atom is 0.191 e. The predicted octanol–water partition coefficient (Wildman–Crippen LogP) is 3.18. The van der Waals surface area contributed by atoms with E-state index in [1.165, 1.54) is 6.42 Å². The van der Waals surface area contributed by atoms with Crippen molar-refractivity contribution in [2.45, 2.75) is 65.0 Å². The molecule has 1 rings (SSSR count). The minimum absolute atomic E-state index is 0. The summed E-state index contributed by atoms with van der Waals surface area (Å²) in [5.74, 6) is 0.851. The van der Waals surface area contributed by atoms with Crippen molar-refractivity contribution in [2.24, 2.45) is 10.4 Å². The van der Waals surface area contributed by atoms with Crippen molar-refractivity contribution < 1.29 is 9.47 Å². The molecule has 5 nitrogen and oxygen atoms in total. The minimum Gasteiger partial charge on any atom is -0.381 e. The van der Waals surface area contributed by atoms with Crippen LogP contribution >= 0.6 is 24.0 Å². The van der Waals surface area contributed by atoms with E-state index in [-0.39, 0.29) is 29.6 Å². The minimum atomic E-state index is -0.134. The fourth-order valence-corrected chi connectivity index (χ4v) is 2.59. The molecule has 1 aliphatic rings. The van der Waals surface area contributed by atoms with Crippen LogP contribution in [0.25, 0.3) is 0 Å². The molecule has 0 radical (unpaired) electrons. The first-order valence-corrected chi connectivity index (χ1v) is 8.40. The molecule has 1 atom stereocenters. The maximum atomic E-state index is 5.75. The summed E-state index contributed by atoms with van der Waals surface area (Å²) in [4.78, 5) is 4.33. The van der Waals surface area contributed by atoms with E-state index in [9.17, 15) is 0 Å². The lowest BCUT2D eigenvalue weighted by Gasteiger charge is -2.36. The van der Waals surface area contributed by atoms with Gasteiger partial charge in [0.05, 0.1) is 5.60 Å². The number of ether oxygens (including phenoxy) is 2. The average molecular weight is 441 g/mol. The summed E-state index contributed by atoms with van der Waals surface area (Å²) in [6.45, 7) is 11.3. The number of nitrogens with zero attached hydrogens (tertiary/aromatic N) is 1. The summed E-state index contributed by atoms with van der Waals surface area (Å²) >= 11 is 0. The Balaban J connectivity index is 0.00000484. The van der Waals surface area contributed by atoms with Gasteiger partial charge in [0.15, 0.2) is 5.96 Å². The normalized spacial score (nSPS) is 19.7. The van der Waals surface area contributed by atoms with Crippen LogP contribution in [-0.2, 0) is 9.47 Å². The summed E-state index contributed by atoms with van der Waals surface area (Å²) in [5, 5.41) is 6.89. The van der Waals surface area contributed by atoms with Crippen molar-refractivity contribution in [1.29, 1.82) is 0 Å². The third-order valence-corrected chi connectivity index (χ3v) is 4.35. The van der Waals surface area contributed by atoms with Gasteiger partial charge in [0.1, 0.15) is 0 Å². The molecule has 1 saturated heterocycles. The summed E-state index contributed by atoms with van der Waals surface area (Å²) in [7, 11) is 3.60. The number of hydrogen-bond donors (Lipinski definition) is 2. The Kier molecular flexibility index (Phi) is 10.7. The Morgan fingerprint density at radius 1 is 1.30 bits per heavy atom. The van der Waals surface area contributed by atoms with E-state index in [0.717, 1.165) is 45.0 Å². The SMILES string of the molecule is CN=C(NCC1(OC)CCOCC1)NC(C)CCC(C)(C)C.I. The molecule has 0 aromatic heterocycles. The van der Waals surface area contributed by atoms with Crippen LogP contribution < -0.4 is 10.6 Å². The van der Waals surface area contributed by atoms with E-state index < -0.39 is 0 Å². The quantitative estimate of drug-likeness (QED) is 0.378. The van der Waals surface area contributed by atoms with Gasteiger partial charge in [0.2, 0.25) is 0 Å². The Bertz CT molecular complexity index is 350. The first kappa shape index (κ1) is 22.9. The van der Waals surface area contributed by atoms with Gasteiger partial charge >= 0.3 is 0 Å². The van der Waals surface area contributed by atoms with Crippen molar-refractivity contribution in [3.05, 3.63) is 0 Å². The lowest BCUT2D eigenvalue weighted by atomic mass is 9.89. The van der Waals surface area contributed by atoms with E-state index in [4.69, 9.17) is 9.47 Å². The van der Waals surface area contributed by atoms with Gasteiger partial charge in [0.25, 0.3) is 0 Å². The zero-order chi connectivity index (χ0) is 16.6. The number of halogens is 1. The van der Waals surface area contributed by atoms with Crippen molar-refractivity contribution in [3.63, 3.8) is 0 Å². The van der Waals surface area contributed by atoms with Crippen LogP contribution in [0, 0.1) is 5.41 Å². The van der Waals surface area contributed by atoms with Crippen molar-refractivity contribution >= 4 is 29.9 Å². The highest BCUT2D eigenvalue weighted by molar-refractivity contribution is 14.0. The monoisotopic (exact) mass is 441 g/mol. The molecule has 0 aliphatic carbocycles. The van der Waals surface area contributed by atoms with Crippen LogP contribution in [0.1, 0.15) is 53.4 Å². The molecule has 1 heterocycles. The maximum absolute atomic E-state index is 5.75. The van der Waals surface area contributed by atoms with Gasteiger partial charge in [-0.15, -0.1) is 24.0 Å². The van der Waals surface area contributed by atoms with Gasteiger partial charge in [-0.05, 0) is 25.2 Å². The first-order chi connectivity index (χ1) is 10.3. The molecule has 0 spiro atoms. The molecule has 0 aromatic rings. The van der Waals surface area contributed by atoms with Gasteiger partial charge in [-0.1, -0.05) is 20.8 Å². The van der Waals surface area contributed by atoms with Crippen LogP contribution in [0.4, 0.5) is 0 Å². The standard InChI is InChI=1S/C17H35N3O2.HI/c1-14(7-8-16(2,3)4)20-15(18-5)19-13-17(21-6)9-11-22-12-10-17;/h14H,7-13H2,1-6H3,(H2,18,19,20);1H. The molecular formula is C17H36IN3O2. The predicted molar refractivity (Wildman–Crippen MR) is 108 cm³/mol. The van der Waals surface area contributed by atoms with Crippen LogP contribution in [0.2, 0.25) is 0 Å². The van der Waals surface area contributed by atoms with Crippen molar-refractivity contribution in [1.82, 2.24) is 10.6 Å². The molecular weight excluding hydrogens is 405 g/mol. The highest BCUT2D eigenvalue weighted by Gasteiger charge is 2.32. The third kappa shape index (κ3) is 9.10. The number of methoxy groups -OCH3 is 1. The zero-order valence-electron chi connectivity index (χ0n) is 15.7. The molecule has 1 unspecified atom stereocenters. The van der Waals surface area contributed by atoms with Crippen molar-refractivity contribution in [2.75, 3.05) is 33.9 Å². The topological polar surface area (TPSA) is 54.9 Å². The average Bonchev–Trinajstić information content (AvgIpc) is 2.49. The Labute approximate surface area is 159 Å². The van der Waals surface area contributed by atoms with Gasteiger partial charge < -0.3 is 20.1 Å². The molecule has 23 heavy (non-hydrogen) atoms. The largest absolute Gasteiger partial charge is 0.381 e. The lowest BCUT2D eigenvalue weighted by molar-refractivity contribution is -0.0855.